The molecule has 0 aliphatic carbocycles. The summed E-state index contributed by atoms with van der Waals surface area (Å²) in [6.07, 6.45) is 16.5. The molecule has 41 heavy (non-hydrogen) atoms. The number of halogens is 5. The number of unbranched alkanes of at least 4 members (excludes halogenated alkanes) is 6. The van der Waals surface area contributed by atoms with Gasteiger partial charge in [-0.25, -0.2) is 13.2 Å². The molecule has 0 fully saturated rings. The lowest BCUT2D eigenvalue weighted by Gasteiger charge is -2.27. The minimum atomic E-state index is -3.20. The van der Waals surface area contributed by atoms with Crippen molar-refractivity contribution in [2.45, 2.75) is 119 Å². The fourth-order valence-corrected chi connectivity index (χ4v) is 4.10. The average molecular weight is 599 g/mol. The van der Waals surface area contributed by atoms with Crippen molar-refractivity contribution >= 4 is 7.32 Å². The molecular formula is C30H56BF5N2O3. The van der Waals surface area contributed by atoms with Crippen LogP contribution in [-0.4, -0.2) is 46.6 Å². The zero-order valence-corrected chi connectivity index (χ0v) is 26.4. The lowest BCUT2D eigenvalue weighted by molar-refractivity contribution is -0.900. The predicted molar refractivity (Wildman–Crippen MR) is 153 cm³/mol. The summed E-state index contributed by atoms with van der Waals surface area (Å²) in [6.45, 7) is 22.1. The van der Waals surface area contributed by atoms with E-state index in [1.807, 2.05) is 9.80 Å². The average Bonchev–Trinajstić information content (AvgIpc) is 2.97. The van der Waals surface area contributed by atoms with Gasteiger partial charge < -0.3 is 24.5 Å². The molecule has 0 saturated heterocycles. The molecule has 2 N–H and O–H groups in total. The van der Waals surface area contributed by atoms with Gasteiger partial charge in [0.1, 0.15) is 7.32 Å². The van der Waals surface area contributed by atoms with Gasteiger partial charge in [-0.15, -0.1) is 0 Å². The largest absolute Gasteiger partial charge is 0.860 e. The van der Waals surface area contributed by atoms with Crippen LogP contribution in [0.4, 0.5) is 22.0 Å². The van der Waals surface area contributed by atoms with Crippen LogP contribution in [0, 0.1) is 29.1 Å². The van der Waals surface area contributed by atoms with Crippen molar-refractivity contribution in [1.29, 1.82) is 0 Å². The first-order valence-electron chi connectivity index (χ1n) is 15.7. The second-order valence-corrected chi connectivity index (χ2v) is 10.4. The van der Waals surface area contributed by atoms with Gasteiger partial charge in [0.2, 0.25) is 29.1 Å². The Bertz CT molecular complexity index is 672. The lowest BCUT2D eigenvalue weighted by atomic mass is 10.2. The molecule has 0 aromatic heterocycles. The van der Waals surface area contributed by atoms with Crippen LogP contribution >= 0.6 is 0 Å². The SMILES string of the molecule is CCCC[NH+](CCCC)CCCC.CCCC[NH+](CCCC)CCCC.[O-]B([O-])Oc1c(F)c(F)c(F)c(F)c1F. The topological polar surface area (TPSA) is 64.2 Å². The van der Waals surface area contributed by atoms with Gasteiger partial charge in [0.25, 0.3) is 0 Å². The van der Waals surface area contributed by atoms with Crippen LogP contribution in [0.3, 0.4) is 0 Å². The van der Waals surface area contributed by atoms with E-state index in [9.17, 15) is 32.0 Å². The summed E-state index contributed by atoms with van der Waals surface area (Å²) < 4.78 is 65.9. The molecule has 1 aromatic carbocycles. The standard InChI is InChI=1S/2C12H27N.C6BF5O3/c2*1-4-7-10-13(11-8-5-2)12-9-6-3;8-1-2(9)4(11)6(15-7(13)14)5(12)3(1)10/h2*4-12H2,1-3H3;/q;;-2/p+2. The van der Waals surface area contributed by atoms with Gasteiger partial charge in [-0.1, -0.05) is 80.1 Å². The summed E-state index contributed by atoms with van der Waals surface area (Å²) in [7, 11) is -3.20. The van der Waals surface area contributed by atoms with Crippen molar-refractivity contribution in [1.82, 2.24) is 0 Å². The van der Waals surface area contributed by atoms with Gasteiger partial charge in [0, 0.05) is 0 Å². The van der Waals surface area contributed by atoms with Crippen molar-refractivity contribution in [3.8, 4) is 5.75 Å². The third kappa shape index (κ3) is 20.2. The van der Waals surface area contributed by atoms with E-state index in [1.165, 1.54) is 116 Å². The number of rotatable bonds is 20. The Balaban J connectivity index is 0. The van der Waals surface area contributed by atoms with E-state index in [1.54, 1.807) is 0 Å². The third-order valence-corrected chi connectivity index (χ3v) is 6.69. The molecule has 0 saturated carbocycles. The maximum absolute atomic E-state index is 12.6. The Hall–Kier alpha value is -1.43. The Morgan fingerprint density at radius 3 is 0.878 bits per heavy atom. The summed E-state index contributed by atoms with van der Waals surface area (Å²) >= 11 is 0. The van der Waals surface area contributed by atoms with Crippen LogP contribution < -0.4 is 24.5 Å². The zero-order valence-electron chi connectivity index (χ0n) is 26.4. The van der Waals surface area contributed by atoms with E-state index in [0.29, 0.717) is 0 Å². The highest BCUT2D eigenvalue weighted by atomic mass is 19.2. The van der Waals surface area contributed by atoms with E-state index in [-0.39, 0.29) is 0 Å². The molecular weight excluding hydrogens is 542 g/mol. The van der Waals surface area contributed by atoms with E-state index >= 15 is 0 Å². The summed E-state index contributed by atoms with van der Waals surface area (Å²) in [4.78, 5) is 3.68. The highest BCUT2D eigenvalue weighted by Gasteiger charge is 2.26. The number of nitrogens with one attached hydrogen (secondary N) is 2. The third-order valence-electron chi connectivity index (χ3n) is 6.69. The molecule has 1 aromatic rings. The summed E-state index contributed by atoms with van der Waals surface area (Å²) in [6, 6.07) is 0. The zero-order chi connectivity index (χ0) is 31.6. The minimum absolute atomic E-state index is 1.35. The minimum Gasteiger partial charge on any atom is -0.860 e. The van der Waals surface area contributed by atoms with E-state index < -0.39 is 42.2 Å². The van der Waals surface area contributed by atoms with Gasteiger partial charge >= 0.3 is 0 Å². The maximum atomic E-state index is 12.6. The van der Waals surface area contributed by atoms with Crippen molar-refractivity contribution < 1.29 is 46.5 Å². The smallest absolute Gasteiger partial charge is 0.205 e. The molecule has 0 spiro atoms. The Labute approximate surface area is 246 Å². The van der Waals surface area contributed by atoms with Gasteiger partial charge in [0.15, 0.2) is 5.75 Å². The first kappa shape index (κ1) is 41.7. The van der Waals surface area contributed by atoms with Crippen molar-refractivity contribution in [3.63, 3.8) is 0 Å². The van der Waals surface area contributed by atoms with Crippen LogP contribution in [0.2, 0.25) is 0 Å². The summed E-state index contributed by atoms with van der Waals surface area (Å²) in [5.41, 5.74) is 0. The Kier molecular flexibility index (Phi) is 27.9. The van der Waals surface area contributed by atoms with Crippen LogP contribution in [0.1, 0.15) is 119 Å². The molecule has 0 atom stereocenters. The molecule has 0 amide bonds. The van der Waals surface area contributed by atoms with Gasteiger partial charge in [-0.2, -0.15) is 8.78 Å². The molecule has 0 radical (unpaired) electrons. The number of benzene rings is 1. The summed E-state index contributed by atoms with van der Waals surface area (Å²) in [5, 5.41) is 19.7. The highest BCUT2D eigenvalue weighted by Crippen LogP contribution is 2.28. The quantitative estimate of drug-likeness (QED) is 0.103. The summed E-state index contributed by atoms with van der Waals surface area (Å²) in [5.74, 6) is -13.6. The van der Waals surface area contributed by atoms with Crippen LogP contribution in [-0.2, 0) is 0 Å². The molecule has 0 aliphatic rings. The fraction of sp³-hybridized carbons (Fsp3) is 0.800. The number of quaternary nitrogens is 2. The monoisotopic (exact) mass is 598 g/mol. The van der Waals surface area contributed by atoms with Crippen molar-refractivity contribution in [2.75, 3.05) is 39.3 Å². The molecule has 242 valence electrons. The molecule has 0 aliphatic heterocycles. The van der Waals surface area contributed by atoms with Crippen LogP contribution in [0.5, 0.6) is 5.75 Å². The number of hydrogen-bond acceptors (Lipinski definition) is 3. The van der Waals surface area contributed by atoms with Gasteiger partial charge in [-0.05, 0) is 38.5 Å². The van der Waals surface area contributed by atoms with Crippen LogP contribution in [0.25, 0.3) is 0 Å². The lowest BCUT2D eigenvalue weighted by Crippen LogP contribution is -3.12. The molecule has 1 rings (SSSR count). The highest BCUT2D eigenvalue weighted by molar-refractivity contribution is 6.29. The van der Waals surface area contributed by atoms with Gasteiger partial charge in [-0.3, -0.25) is 0 Å². The predicted octanol–water partition coefficient (Wildman–Crippen LogP) is 4.01. The molecule has 0 heterocycles. The number of hydrogen-bond donors (Lipinski definition) is 2. The van der Waals surface area contributed by atoms with Crippen molar-refractivity contribution in [2.24, 2.45) is 0 Å². The normalized spacial score (nSPS) is 10.8. The van der Waals surface area contributed by atoms with E-state index in [2.05, 4.69) is 46.2 Å². The second kappa shape index (κ2) is 27.4. The second-order valence-electron chi connectivity index (χ2n) is 10.4. The first-order chi connectivity index (χ1) is 19.6. The molecule has 0 unspecified atom stereocenters. The Morgan fingerprint density at radius 1 is 0.463 bits per heavy atom. The fourth-order valence-electron chi connectivity index (χ4n) is 4.10. The van der Waals surface area contributed by atoms with E-state index in [4.69, 9.17) is 0 Å². The van der Waals surface area contributed by atoms with E-state index in [0.717, 1.165) is 0 Å². The first-order valence-corrected chi connectivity index (χ1v) is 15.7. The molecule has 0 bridgehead atoms. The molecule has 5 nitrogen and oxygen atoms in total. The Morgan fingerprint density at radius 2 is 0.683 bits per heavy atom. The molecule has 11 heteroatoms. The van der Waals surface area contributed by atoms with Crippen LogP contribution in [0.15, 0.2) is 0 Å². The van der Waals surface area contributed by atoms with Crippen molar-refractivity contribution in [3.05, 3.63) is 29.1 Å². The van der Waals surface area contributed by atoms with Gasteiger partial charge in [0.05, 0.1) is 39.3 Å². The maximum Gasteiger partial charge on any atom is 0.205 e.